The molecule has 0 spiro atoms. The number of rotatable bonds is 4. The summed E-state index contributed by atoms with van der Waals surface area (Å²) in [4.78, 5) is 15.0. The summed E-state index contributed by atoms with van der Waals surface area (Å²) in [6, 6.07) is 11.1. The summed E-state index contributed by atoms with van der Waals surface area (Å²) in [6.07, 6.45) is 0. The molecule has 156 valence electrons. The van der Waals surface area contributed by atoms with Crippen LogP contribution in [0.1, 0.15) is 22.7 Å². The van der Waals surface area contributed by atoms with Gasteiger partial charge in [0.25, 0.3) is 5.56 Å². The van der Waals surface area contributed by atoms with Crippen molar-refractivity contribution in [1.29, 1.82) is 5.26 Å². The van der Waals surface area contributed by atoms with Gasteiger partial charge in [-0.2, -0.15) is 5.26 Å². The van der Waals surface area contributed by atoms with E-state index >= 15 is 0 Å². The second kappa shape index (κ2) is 8.52. The smallest absolute Gasteiger partial charge is 0.258 e. The van der Waals surface area contributed by atoms with E-state index in [-0.39, 0.29) is 17.0 Å². The van der Waals surface area contributed by atoms with E-state index in [0.29, 0.717) is 22.9 Å². The van der Waals surface area contributed by atoms with E-state index in [9.17, 15) is 10.1 Å². The zero-order valence-corrected chi connectivity index (χ0v) is 17.5. The minimum absolute atomic E-state index is 0.0271. The Morgan fingerprint density at radius 3 is 2.67 bits per heavy atom. The van der Waals surface area contributed by atoms with Crippen LogP contribution in [0, 0.1) is 18.3 Å². The van der Waals surface area contributed by atoms with E-state index in [1.807, 2.05) is 25.1 Å². The summed E-state index contributed by atoms with van der Waals surface area (Å²) >= 11 is 6.04. The van der Waals surface area contributed by atoms with Gasteiger partial charge in [-0.15, -0.1) is 0 Å². The first-order valence-electron chi connectivity index (χ1n) is 9.98. The van der Waals surface area contributed by atoms with Crippen molar-refractivity contribution < 1.29 is 14.4 Å². The molecule has 4 rings (SSSR count). The van der Waals surface area contributed by atoms with E-state index in [1.54, 1.807) is 16.7 Å². The molecule has 0 radical (unpaired) electrons. The molecular formula is C22H24ClN4O3+. The zero-order chi connectivity index (χ0) is 21.3. The van der Waals surface area contributed by atoms with Crippen molar-refractivity contribution in [1.82, 2.24) is 4.57 Å². The van der Waals surface area contributed by atoms with Gasteiger partial charge < -0.3 is 24.7 Å². The molecule has 30 heavy (non-hydrogen) atoms. The molecule has 1 aromatic heterocycles. The van der Waals surface area contributed by atoms with Crippen molar-refractivity contribution in [2.24, 2.45) is 5.73 Å². The first-order valence-corrected chi connectivity index (χ1v) is 10.4. The molecule has 2 aliphatic rings. The van der Waals surface area contributed by atoms with Crippen LogP contribution in [0.15, 0.2) is 46.6 Å². The maximum Gasteiger partial charge on any atom is 0.258 e. The number of benzene rings is 1. The number of nitriles is 1. The van der Waals surface area contributed by atoms with Crippen molar-refractivity contribution in [2.75, 3.05) is 32.8 Å². The van der Waals surface area contributed by atoms with Gasteiger partial charge in [-0.25, -0.2) is 0 Å². The molecule has 7 nitrogen and oxygen atoms in total. The SMILES string of the molecule is Cc1cc2c(c(=O)n1CC[NH+]1CCOCC1)[C@H](c1ccc(Cl)cc1)C(C#N)=C(N)O2. The van der Waals surface area contributed by atoms with Gasteiger partial charge in [0.05, 0.1) is 37.8 Å². The third kappa shape index (κ3) is 3.82. The second-order valence-electron chi connectivity index (χ2n) is 7.61. The van der Waals surface area contributed by atoms with E-state index in [2.05, 4.69) is 6.07 Å². The third-order valence-electron chi connectivity index (χ3n) is 5.78. The summed E-state index contributed by atoms with van der Waals surface area (Å²) in [7, 11) is 0. The number of nitrogens with one attached hydrogen (secondary N) is 1. The fourth-order valence-electron chi connectivity index (χ4n) is 4.13. The molecule has 8 heteroatoms. The molecule has 0 saturated carbocycles. The Morgan fingerprint density at radius 2 is 2.00 bits per heavy atom. The molecule has 1 fully saturated rings. The van der Waals surface area contributed by atoms with Gasteiger partial charge >= 0.3 is 0 Å². The molecule has 1 saturated heterocycles. The molecule has 2 aliphatic heterocycles. The number of pyridine rings is 1. The van der Waals surface area contributed by atoms with Crippen molar-refractivity contribution in [2.45, 2.75) is 19.4 Å². The average molecular weight is 428 g/mol. The van der Waals surface area contributed by atoms with Crippen molar-refractivity contribution in [3.63, 3.8) is 0 Å². The highest BCUT2D eigenvalue weighted by Gasteiger charge is 2.34. The van der Waals surface area contributed by atoms with Gasteiger partial charge in [-0.3, -0.25) is 4.79 Å². The number of allylic oxidation sites excluding steroid dienone is 1. The lowest BCUT2D eigenvalue weighted by Gasteiger charge is -2.28. The number of aryl methyl sites for hydroxylation is 1. The van der Waals surface area contributed by atoms with Gasteiger partial charge in [0.15, 0.2) is 0 Å². The molecule has 3 N–H and O–H groups in total. The van der Waals surface area contributed by atoms with Crippen LogP contribution in [0.25, 0.3) is 0 Å². The maximum atomic E-state index is 13.6. The van der Waals surface area contributed by atoms with Crippen molar-refractivity contribution in [3.8, 4) is 11.8 Å². The van der Waals surface area contributed by atoms with Gasteiger partial charge in [0.1, 0.15) is 30.5 Å². The molecule has 0 bridgehead atoms. The molecule has 1 aromatic carbocycles. The van der Waals surface area contributed by atoms with E-state index in [4.69, 9.17) is 26.8 Å². The quantitative estimate of drug-likeness (QED) is 0.757. The number of morpholine rings is 1. The van der Waals surface area contributed by atoms with Crippen molar-refractivity contribution >= 4 is 11.6 Å². The fraction of sp³-hybridized carbons (Fsp3) is 0.364. The Labute approximate surface area is 179 Å². The summed E-state index contributed by atoms with van der Waals surface area (Å²) in [6.45, 7) is 6.67. The first-order chi connectivity index (χ1) is 14.5. The van der Waals surface area contributed by atoms with Crippen LogP contribution in [-0.2, 0) is 11.3 Å². The fourth-order valence-corrected chi connectivity index (χ4v) is 4.26. The van der Waals surface area contributed by atoms with Crippen LogP contribution >= 0.6 is 11.6 Å². The number of fused-ring (bicyclic) bond motifs is 1. The molecule has 0 unspecified atom stereocenters. The Hall–Kier alpha value is -2.79. The lowest BCUT2D eigenvalue weighted by atomic mass is 9.84. The zero-order valence-electron chi connectivity index (χ0n) is 16.8. The summed E-state index contributed by atoms with van der Waals surface area (Å²) in [5.74, 6) is -0.158. The number of ether oxygens (including phenoxy) is 2. The number of aromatic nitrogens is 1. The lowest BCUT2D eigenvalue weighted by Crippen LogP contribution is -3.14. The molecular weight excluding hydrogens is 404 g/mol. The molecule has 2 aromatic rings. The summed E-state index contributed by atoms with van der Waals surface area (Å²) in [5.41, 5.74) is 8.13. The number of hydrogen-bond donors (Lipinski definition) is 2. The maximum absolute atomic E-state index is 13.6. The van der Waals surface area contributed by atoms with E-state index in [0.717, 1.165) is 44.1 Å². The van der Waals surface area contributed by atoms with Crippen LogP contribution in [0.5, 0.6) is 5.75 Å². The normalized spacial score (nSPS) is 19.2. The largest absolute Gasteiger partial charge is 0.440 e. The molecule has 0 aliphatic carbocycles. The van der Waals surface area contributed by atoms with Crippen LogP contribution < -0.4 is 20.9 Å². The number of halogens is 1. The predicted octanol–water partition coefficient (Wildman–Crippen LogP) is 0.943. The number of quaternary nitrogens is 1. The molecule has 0 amide bonds. The monoisotopic (exact) mass is 427 g/mol. The third-order valence-corrected chi connectivity index (χ3v) is 6.03. The van der Waals surface area contributed by atoms with E-state index in [1.165, 1.54) is 4.90 Å². The Kier molecular flexibility index (Phi) is 5.82. The molecule has 1 atom stereocenters. The highest BCUT2D eigenvalue weighted by molar-refractivity contribution is 6.30. The van der Waals surface area contributed by atoms with Crippen molar-refractivity contribution in [3.05, 3.63) is 74.0 Å². The van der Waals surface area contributed by atoms with E-state index < -0.39 is 5.92 Å². The molecule has 3 heterocycles. The number of hydrogen-bond acceptors (Lipinski definition) is 5. The minimum atomic E-state index is -0.592. The Morgan fingerprint density at radius 1 is 1.30 bits per heavy atom. The van der Waals surface area contributed by atoms with Crippen LogP contribution in [0.4, 0.5) is 0 Å². The van der Waals surface area contributed by atoms with Gasteiger partial charge in [0.2, 0.25) is 5.88 Å². The van der Waals surface area contributed by atoms with Gasteiger partial charge in [0, 0.05) is 16.8 Å². The Bertz CT molecular complexity index is 1080. The first kappa shape index (κ1) is 20.5. The van der Waals surface area contributed by atoms with Gasteiger partial charge in [-0.1, -0.05) is 23.7 Å². The standard InChI is InChI=1S/C22H23ClN4O3/c1-14-12-18-20(22(28)27(14)7-6-26-8-10-29-11-9-26)19(17(13-24)21(25)30-18)15-2-4-16(23)5-3-15/h2-5,12,19H,6-11,25H2,1H3/p+1/t19-/m1/s1. The van der Waals surface area contributed by atoms with Gasteiger partial charge in [-0.05, 0) is 24.6 Å². The Balaban J connectivity index is 1.77. The highest BCUT2D eigenvalue weighted by atomic mass is 35.5. The average Bonchev–Trinajstić information content (AvgIpc) is 2.74. The highest BCUT2D eigenvalue weighted by Crippen LogP contribution is 2.40. The predicted molar refractivity (Wildman–Crippen MR) is 113 cm³/mol. The van der Waals surface area contributed by atoms with Crippen LogP contribution in [0.2, 0.25) is 5.02 Å². The van der Waals surface area contributed by atoms with Crippen LogP contribution in [0.3, 0.4) is 0 Å². The summed E-state index contributed by atoms with van der Waals surface area (Å²) in [5, 5.41) is 10.3. The number of nitrogens with zero attached hydrogens (tertiary/aromatic N) is 2. The van der Waals surface area contributed by atoms with Crippen LogP contribution in [-0.4, -0.2) is 37.4 Å². The number of nitrogens with two attached hydrogens (primary N) is 1. The summed E-state index contributed by atoms with van der Waals surface area (Å²) < 4.78 is 12.9. The topological polar surface area (TPSA) is 94.7 Å². The minimum Gasteiger partial charge on any atom is -0.440 e. The lowest BCUT2D eigenvalue weighted by molar-refractivity contribution is -0.908. The second-order valence-corrected chi connectivity index (χ2v) is 8.05.